The Bertz CT molecular complexity index is 1510. The fourth-order valence-electron chi connectivity index (χ4n) is 5.62. The van der Waals surface area contributed by atoms with Crippen molar-refractivity contribution in [2.75, 3.05) is 24.5 Å². The van der Waals surface area contributed by atoms with E-state index < -0.39 is 28.5 Å². The molecule has 1 fully saturated rings. The number of aryl methyl sites for hydroxylation is 1. The van der Waals surface area contributed by atoms with Crippen molar-refractivity contribution in [1.29, 1.82) is 0 Å². The van der Waals surface area contributed by atoms with Gasteiger partial charge in [-0.25, -0.2) is 8.42 Å². The molecule has 0 spiro atoms. The number of carbonyl (C=O) groups is 2. The van der Waals surface area contributed by atoms with Crippen LogP contribution >= 0.6 is 11.6 Å². The number of sulfonamides is 1. The molecule has 0 aliphatic heterocycles. The van der Waals surface area contributed by atoms with E-state index in [0.29, 0.717) is 18.6 Å². The Hall–Kier alpha value is -3.56. The second-order valence-corrected chi connectivity index (χ2v) is 13.5. The van der Waals surface area contributed by atoms with E-state index in [4.69, 9.17) is 16.3 Å². The summed E-state index contributed by atoms with van der Waals surface area (Å²) in [5.74, 6) is -0.306. The quantitative estimate of drug-likeness (QED) is 0.242. The molecular formula is C34H42ClN3O5S. The molecule has 236 valence electrons. The molecule has 0 saturated heterocycles. The van der Waals surface area contributed by atoms with Crippen LogP contribution in [0.5, 0.6) is 5.75 Å². The molecule has 3 aromatic carbocycles. The van der Waals surface area contributed by atoms with E-state index in [0.717, 1.165) is 47.5 Å². The molecule has 10 heteroatoms. The van der Waals surface area contributed by atoms with Crippen LogP contribution < -0.4 is 14.4 Å². The van der Waals surface area contributed by atoms with Gasteiger partial charge < -0.3 is 15.0 Å². The number of amides is 2. The van der Waals surface area contributed by atoms with Crippen LogP contribution in [0, 0.1) is 6.92 Å². The maximum absolute atomic E-state index is 14.3. The van der Waals surface area contributed by atoms with Crippen LogP contribution in [0.4, 0.5) is 5.69 Å². The van der Waals surface area contributed by atoms with E-state index in [9.17, 15) is 18.0 Å². The fourth-order valence-corrected chi connectivity index (χ4v) is 7.27. The number of anilines is 1. The van der Waals surface area contributed by atoms with Crippen LogP contribution in [0.3, 0.4) is 0 Å². The third kappa shape index (κ3) is 8.33. The number of ether oxygens (including phenoxy) is 1. The van der Waals surface area contributed by atoms with Gasteiger partial charge in [-0.3, -0.25) is 13.9 Å². The summed E-state index contributed by atoms with van der Waals surface area (Å²) in [5, 5.41) is 3.38. The summed E-state index contributed by atoms with van der Waals surface area (Å²) in [6, 6.07) is 20.1. The minimum absolute atomic E-state index is 0.0424. The summed E-state index contributed by atoms with van der Waals surface area (Å²) < 4.78 is 34.5. The topological polar surface area (TPSA) is 96.0 Å². The van der Waals surface area contributed by atoms with Crippen molar-refractivity contribution in [2.24, 2.45) is 0 Å². The minimum atomic E-state index is -4.19. The average Bonchev–Trinajstić information content (AvgIpc) is 3.02. The lowest BCUT2D eigenvalue weighted by molar-refractivity contribution is -0.140. The van der Waals surface area contributed by atoms with Gasteiger partial charge in [0, 0.05) is 12.6 Å². The summed E-state index contributed by atoms with van der Waals surface area (Å²) in [5.41, 5.74) is 2.13. The van der Waals surface area contributed by atoms with E-state index >= 15 is 0 Å². The maximum atomic E-state index is 14.3. The molecule has 0 heterocycles. The summed E-state index contributed by atoms with van der Waals surface area (Å²) in [6.07, 6.45) is 6.02. The van der Waals surface area contributed by atoms with E-state index in [1.807, 2.05) is 44.2 Å². The summed E-state index contributed by atoms with van der Waals surface area (Å²) in [4.78, 5) is 29.5. The first kappa shape index (κ1) is 33.3. The Morgan fingerprint density at radius 1 is 1.00 bits per heavy atom. The number of carbonyl (C=O) groups excluding carboxylic acids is 2. The zero-order valence-electron chi connectivity index (χ0n) is 25.7. The van der Waals surface area contributed by atoms with Crippen LogP contribution in [-0.4, -0.2) is 57.4 Å². The Morgan fingerprint density at radius 3 is 2.30 bits per heavy atom. The lowest BCUT2D eigenvalue weighted by Crippen LogP contribution is -2.54. The van der Waals surface area contributed by atoms with Gasteiger partial charge in [0.1, 0.15) is 18.3 Å². The smallest absolute Gasteiger partial charge is 0.264 e. The lowest BCUT2D eigenvalue weighted by Gasteiger charge is -2.34. The van der Waals surface area contributed by atoms with Gasteiger partial charge in [-0.2, -0.15) is 0 Å². The Balaban J connectivity index is 1.69. The molecular weight excluding hydrogens is 598 g/mol. The Labute approximate surface area is 266 Å². The van der Waals surface area contributed by atoms with Crippen LogP contribution in [0.15, 0.2) is 77.7 Å². The average molecular weight is 640 g/mol. The van der Waals surface area contributed by atoms with Crippen molar-refractivity contribution in [1.82, 2.24) is 10.2 Å². The van der Waals surface area contributed by atoms with Crippen LogP contribution in [0.1, 0.15) is 56.6 Å². The predicted octanol–water partition coefficient (Wildman–Crippen LogP) is 6.15. The number of rotatable bonds is 13. The normalized spacial score (nSPS) is 14.5. The molecule has 1 atom stereocenters. The van der Waals surface area contributed by atoms with Gasteiger partial charge in [0.15, 0.2) is 0 Å². The molecule has 1 saturated carbocycles. The molecule has 1 aliphatic rings. The first-order valence-electron chi connectivity index (χ1n) is 15.2. The second-order valence-electron chi connectivity index (χ2n) is 11.2. The van der Waals surface area contributed by atoms with Crippen molar-refractivity contribution >= 4 is 39.1 Å². The third-order valence-corrected chi connectivity index (χ3v) is 10.2. The number of hydrogen-bond donors (Lipinski definition) is 1. The first-order valence-corrected chi connectivity index (χ1v) is 17.0. The lowest BCUT2D eigenvalue weighted by atomic mass is 9.95. The highest BCUT2D eigenvalue weighted by atomic mass is 35.5. The maximum Gasteiger partial charge on any atom is 0.264 e. The predicted molar refractivity (Wildman–Crippen MR) is 175 cm³/mol. The molecule has 1 aliphatic carbocycles. The van der Waals surface area contributed by atoms with Gasteiger partial charge in [-0.15, -0.1) is 0 Å². The number of benzene rings is 3. The summed E-state index contributed by atoms with van der Waals surface area (Å²) in [6.45, 7) is 3.48. The minimum Gasteiger partial charge on any atom is -0.495 e. The number of methoxy groups -OCH3 is 1. The molecule has 2 amide bonds. The number of nitrogens with zero attached hydrogens (tertiary/aromatic N) is 2. The monoisotopic (exact) mass is 639 g/mol. The van der Waals surface area contributed by atoms with E-state index in [-0.39, 0.29) is 34.1 Å². The highest BCUT2D eigenvalue weighted by molar-refractivity contribution is 7.92. The van der Waals surface area contributed by atoms with Crippen LogP contribution in [-0.2, 0) is 26.0 Å². The standard InChI is InChI=1S/C34H42ClN3O5S/c1-4-31(34(40)36-27-13-9-6-10-14-27)37(22-21-26-11-7-5-8-12-26)33(39)24-38(28-17-20-32(43-3)30(35)23-28)44(41,42)29-18-15-25(2)16-19-29/h5,7-8,11-12,15-20,23,27,31H,4,6,9-10,13-14,21-22,24H2,1-3H3,(H,36,40)/t31-/m0/s1. The van der Waals surface area contributed by atoms with Crippen LogP contribution in [0.25, 0.3) is 0 Å². The van der Waals surface area contributed by atoms with Gasteiger partial charge in [0.25, 0.3) is 10.0 Å². The van der Waals surface area contributed by atoms with Gasteiger partial charge in [-0.05, 0) is 68.5 Å². The van der Waals surface area contributed by atoms with Gasteiger partial charge in [0.05, 0.1) is 22.7 Å². The molecule has 44 heavy (non-hydrogen) atoms. The van der Waals surface area contributed by atoms with E-state index in [1.165, 1.54) is 30.2 Å². The zero-order chi connectivity index (χ0) is 31.7. The zero-order valence-corrected chi connectivity index (χ0v) is 27.2. The molecule has 0 aromatic heterocycles. The van der Waals surface area contributed by atoms with Crippen molar-refractivity contribution in [3.8, 4) is 5.75 Å². The molecule has 1 N–H and O–H groups in total. The van der Waals surface area contributed by atoms with E-state index in [1.54, 1.807) is 24.3 Å². The number of halogens is 1. The van der Waals surface area contributed by atoms with Crippen molar-refractivity contribution in [3.63, 3.8) is 0 Å². The molecule has 8 nitrogen and oxygen atoms in total. The van der Waals surface area contributed by atoms with Gasteiger partial charge in [-0.1, -0.05) is 85.8 Å². The van der Waals surface area contributed by atoms with Gasteiger partial charge in [0.2, 0.25) is 11.8 Å². The van der Waals surface area contributed by atoms with Crippen molar-refractivity contribution < 1.29 is 22.7 Å². The van der Waals surface area contributed by atoms with Crippen molar-refractivity contribution in [3.05, 3.63) is 88.9 Å². The number of hydrogen-bond acceptors (Lipinski definition) is 5. The highest BCUT2D eigenvalue weighted by Crippen LogP contribution is 2.32. The molecule has 0 unspecified atom stereocenters. The highest BCUT2D eigenvalue weighted by Gasteiger charge is 2.34. The summed E-state index contributed by atoms with van der Waals surface area (Å²) in [7, 11) is -2.72. The fraction of sp³-hybridized carbons (Fsp3) is 0.412. The largest absolute Gasteiger partial charge is 0.495 e. The third-order valence-electron chi connectivity index (χ3n) is 8.13. The molecule has 4 rings (SSSR count). The van der Waals surface area contributed by atoms with E-state index in [2.05, 4.69) is 5.32 Å². The van der Waals surface area contributed by atoms with Crippen LogP contribution in [0.2, 0.25) is 5.02 Å². The Kier molecular flexibility index (Phi) is 11.7. The second kappa shape index (κ2) is 15.4. The summed E-state index contributed by atoms with van der Waals surface area (Å²) >= 11 is 6.42. The van der Waals surface area contributed by atoms with Gasteiger partial charge >= 0.3 is 0 Å². The molecule has 0 bridgehead atoms. The molecule has 3 aromatic rings. The SMILES string of the molecule is CC[C@@H](C(=O)NC1CCCCC1)N(CCc1ccccc1)C(=O)CN(c1ccc(OC)c(Cl)c1)S(=O)(=O)c1ccc(C)cc1. The van der Waals surface area contributed by atoms with Crippen molar-refractivity contribution in [2.45, 2.75) is 75.8 Å². The Morgan fingerprint density at radius 2 is 1.68 bits per heavy atom. The number of nitrogens with one attached hydrogen (secondary N) is 1. The molecule has 0 radical (unpaired) electrons. The first-order chi connectivity index (χ1) is 21.1.